The third-order valence-corrected chi connectivity index (χ3v) is 3.63. The van der Waals surface area contributed by atoms with Gasteiger partial charge in [0.25, 0.3) is 0 Å². The highest BCUT2D eigenvalue weighted by atomic mass is 16.4. The van der Waals surface area contributed by atoms with Crippen molar-refractivity contribution < 1.29 is 24.5 Å². The van der Waals surface area contributed by atoms with Gasteiger partial charge < -0.3 is 19.7 Å². The van der Waals surface area contributed by atoms with E-state index in [1.165, 1.54) is 0 Å². The van der Waals surface area contributed by atoms with Crippen LogP contribution < -0.4 is 5.32 Å². The minimum atomic E-state index is -1.10. The Bertz CT molecular complexity index is 625. The van der Waals surface area contributed by atoms with E-state index < -0.39 is 24.2 Å². The van der Waals surface area contributed by atoms with Crippen LogP contribution in [0.2, 0.25) is 0 Å². The summed E-state index contributed by atoms with van der Waals surface area (Å²) in [4.78, 5) is 11.5. The molecule has 0 spiro atoms. The van der Waals surface area contributed by atoms with E-state index in [-0.39, 0.29) is 13.0 Å². The zero-order valence-corrected chi connectivity index (χ0v) is 12.8. The van der Waals surface area contributed by atoms with E-state index in [0.29, 0.717) is 11.5 Å². The van der Waals surface area contributed by atoms with Crippen molar-refractivity contribution >= 4 is 5.97 Å². The monoisotopic (exact) mass is 319 g/mol. The second-order valence-electron chi connectivity index (χ2n) is 5.40. The Morgan fingerprint density at radius 3 is 2.43 bits per heavy atom. The topological polar surface area (TPSA) is 103 Å². The van der Waals surface area contributed by atoms with Crippen LogP contribution in [-0.4, -0.2) is 33.9 Å². The number of aryl methyl sites for hydroxylation is 1. The molecule has 2 rings (SSSR count). The molecule has 124 valence electrons. The molecular weight excluding hydrogens is 298 g/mol. The number of carbonyl (C=O) groups is 1. The number of hydrogen-bond donors (Lipinski definition) is 4. The van der Waals surface area contributed by atoms with Crippen LogP contribution in [0.25, 0.3) is 0 Å². The van der Waals surface area contributed by atoms with Gasteiger partial charge in [-0.2, -0.15) is 0 Å². The highest BCUT2D eigenvalue weighted by Crippen LogP contribution is 2.22. The van der Waals surface area contributed by atoms with Gasteiger partial charge in [-0.15, -0.1) is 0 Å². The number of aliphatic hydroxyl groups is 2. The van der Waals surface area contributed by atoms with Crippen molar-refractivity contribution in [3.8, 4) is 0 Å². The molecule has 0 amide bonds. The van der Waals surface area contributed by atoms with Gasteiger partial charge in [0.1, 0.15) is 23.7 Å². The molecule has 0 saturated carbocycles. The SMILES string of the molecule is Cc1ccc([C@H](O)C[C@H](N[C@@H](CO)c2ccccc2)C(=O)O)o1. The molecule has 0 bridgehead atoms. The largest absolute Gasteiger partial charge is 0.480 e. The van der Waals surface area contributed by atoms with Crippen molar-refractivity contribution in [3.63, 3.8) is 0 Å². The molecule has 0 aliphatic rings. The second kappa shape index (κ2) is 7.92. The summed E-state index contributed by atoms with van der Waals surface area (Å²) < 4.78 is 5.32. The van der Waals surface area contributed by atoms with Gasteiger partial charge in [-0.1, -0.05) is 30.3 Å². The first-order valence-electron chi connectivity index (χ1n) is 7.40. The van der Waals surface area contributed by atoms with Crippen LogP contribution >= 0.6 is 0 Å². The lowest BCUT2D eigenvalue weighted by molar-refractivity contribution is -0.140. The Hall–Kier alpha value is -2.15. The molecule has 0 aliphatic heterocycles. The normalized spacial score (nSPS) is 15.1. The molecule has 23 heavy (non-hydrogen) atoms. The summed E-state index contributed by atoms with van der Waals surface area (Å²) in [5.74, 6) is -0.117. The van der Waals surface area contributed by atoms with Crippen LogP contribution in [-0.2, 0) is 4.79 Å². The molecule has 0 fully saturated rings. The van der Waals surface area contributed by atoms with Crippen molar-refractivity contribution in [2.24, 2.45) is 0 Å². The van der Waals surface area contributed by atoms with E-state index in [2.05, 4.69) is 5.32 Å². The third-order valence-electron chi connectivity index (χ3n) is 3.63. The number of nitrogens with one attached hydrogen (secondary N) is 1. The molecule has 6 nitrogen and oxygen atoms in total. The summed E-state index contributed by atoms with van der Waals surface area (Å²) in [5, 5.41) is 31.9. The van der Waals surface area contributed by atoms with E-state index in [1.54, 1.807) is 31.2 Å². The molecule has 0 radical (unpaired) electrons. The summed E-state index contributed by atoms with van der Waals surface area (Å²) in [7, 11) is 0. The summed E-state index contributed by atoms with van der Waals surface area (Å²) in [6.45, 7) is 1.50. The maximum absolute atomic E-state index is 11.5. The van der Waals surface area contributed by atoms with Gasteiger partial charge in [-0.05, 0) is 24.6 Å². The van der Waals surface area contributed by atoms with Crippen molar-refractivity contribution in [2.75, 3.05) is 6.61 Å². The first kappa shape index (κ1) is 17.2. The Morgan fingerprint density at radius 1 is 1.22 bits per heavy atom. The standard InChI is InChI=1S/C17H21NO5/c1-11-7-8-16(23-11)15(20)9-13(17(21)22)18-14(10-19)12-5-3-2-4-6-12/h2-8,13-15,18-20H,9-10H2,1H3,(H,21,22)/t13-,14-,15+/m0/s1. The Kier molecular flexibility index (Phi) is 5.92. The predicted molar refractivity (Wildman–Crippen MR) is 83.9 cm³/mol. The molecule has 1 aromatic heterocycles. The summed E-state index contributed by atoms with van der Waals surface area (Å²) in [6, 6.07) is 10.9. The van der Waals surface area contributed by atoms with E-state index >= 15 is 0 Å². The molecular formula is C17H21NO5. The number of rotatable bonds is 8. The van der Waals surface area contributed by atoms with Gasteiger partial charge in [0, 0.05) is 6.42 Å². The minimum Gasteiger partial charge on any atom is -0.480 e. The predicted octanol–water partition coefficient (Wildman–Crippen LogP) is 1.79. The van der Waals surface area contributed by atoms with Crippen LogP contribution in [0.3, 0.4) is 0 Å². The lowest BCUT2D eigenvalue weighted by Gasteiger charge is -2.23. The lowest BCUT2D eigenvalue weighted by atomic mass is 10.0. The number of benzene rings is 1. The van der Waals surface area contributed by atoms with Crippen molar-refractivity contribution in [3.05, 3.63) is 59.5 Å². The number of furan rings is 1. The smallest absolute Gasteiger partial charge is 0.320 e. The zero-order valence-electron chi connectivity index (χ0n) is 12.8. The Morgan fingerprint density at radius 2 is 1.91 bits per heavy atom. The highest BCUT2D eigenvalue weighted by molar-refractivity contribution is 5.73. The van der Waals surface area contributed by atoms with E-state index in [1.807, 2.05) is 18.2 Å². The lowest BCUT2D eigenvalue weighted by Crippen LogP contribution is -2.41. The summed E-state index contributed by atoms with van der Waals surface area (Å²) in [5.41, 5.74) is 0.782. The van der Waals surface area contributed by atoms with Gasteiger partial charge >= 0.3 is 5.97 Å². The van der Waals surface area contributed by atoms with Gasteiger partial charge in [0.05, 0.1) is 12.6 Å². The van der Waals surface area contributed by atoms with Crippen LogP contribution in [0.15, 0.2) is 46.9 Å². The minimum absolute atomic E-state index is 0.0639. The Labute approximate surface area is 134 Å². The molecule has 1 heterocycles. The summed E-state index contributed by atoms with van der Waals surface area (Å²) in [6.07, 6.45) is -1.10. The maximum atomic E-state index is 11.5. The average Bonchev–Trinajstić information content (AvgIpc) is 2.98. The molecule has 0 saturated heterocycles. The maximum Gasteiger partial charge on any atom is 0.320 e. The average molecular weight is 319 g/mol. The number of aliphatic hydroxyl groups excluding tert-OH is 2. The second-order valence-corrected chi connectivity index (χ2v) is 5.40. The van der Waals surface area contributed by atoms with Gasteiger partial charge in [-0.3, -0.25) is 10.1 Å². The molecule has 4 N–H and O–H groups in total. The van der Waals surface area contributed by atoms with Gasteiger partial charge in [0.15, 0.2) is 0 Å². The van der Waals surface area contributed by atoms with Crippen molar-refractivity contribution in [1.29, 1.82) is 0 Å². The van der Waals surface area contributed by atoms with E-state index in [0.717, 1.165) is 5.56 Å². The number of aliphatic carboxylic acids is 1. The van der Waals surface area contributed by atoms with Crippen LogP contribution in [0, 0.1) is 6.92 Å². The van der Waals surface area contributed by atoms with Crippen LogP contribution in [0.1, 0.15) is 35.7 Å². The molecule has 3 atom stereocenters. The fourth-order valence-electron chi connectivity index (χ4n) is 2.39. The van der Waals surface area contributed by atoms with Crippen LogP contribution in [0.5, 0.6) is 0 Å². The number of carboxylic acids is 1. The zero-order chi connectivity index (χ0) is 16.8. The third kappa shape index (κ3) is 4.66. The fourth-order valence-corrected chi connectivity index (χ4v) is 2.39. The summed E-state index contributed by atoms with van der Waals surface area (Å²) >= 11 is 0. The molecule has 0 aliphatic carbocycles. The van der Waals surface area contributed by atoms with Gasteiger partial charge in [0.2, 0.25) is 0 Å². The number of hydrogen-bond acceptors (Lipinski definition) is 5. The first-order chi connectivity index (χ1) is 11.0. The highest BCUT2D eigenvalue weighted by Gasteiger charge is 2.26. The van der Waals surface area contributed by atoms with E-state index in [4.69, 9.17) is 4.42 Å². The van der Waals surface area contributed by atoms with Crippen LogP contribution in [0.4, 0.5) is 0 Å². The van der Waals surface area contributed by atoms with Gasteiger partial charge in [-0.25, -0.2) is 0 Å². The first-order valence-corrected chi connectivity index (χ1v) is 7.40. The fraction of sp³-hybridized carbons (Fsp3) is 0.353. The Balaban J connectivity index is 2.07. The van der Waals surface area contributed by atoms with Crippen molar-refractivity contribution in [2.45, 2.75) is 31.5 Å². The molecule has 1 aromatic carbocycles. The molecule has 2 aromatic rings. The quantitative estimate of drug-likeness (QED) is 0.591. The molecule has 0 unspecified atom stereocenters. The number of carboxylic acid groups (broad SMARTS) is 1. The van der Waals surface area contributed by atoms with E-state index in [9.17, 15) is 20.1 Å². The molecule has 6 heteroatoms. The van der Waals surface area contributed by atoms with Crippen molar-refractivity contribution in [1.82, 2.24) is 5.32 Å².